The zero-order valence-corrected chi connectivity index (χ0v) is 23.2. The van der Waals surface area contributed by atoms with Gasteiger partial charge in [-0.25, -0.2) is 0 Å². The Morgan fingerprint density at radius 3 is 1.91 bits per heavy atom. The Morgan fingerprint density at radius 1 is 0.767 bits per heavy atom. The highest BCUT2D eigenvalue weighted by Crippen LogP contribution is 2.30. The molecule has 3 aromatic carbocycles. The van der Waals surface area contributed by atoms with Gasteiger partial charge in [0.1, 0.15) is 11.7 Å². The molecule has 2 heterocycles. The van der Waals surface area contributed by atoms with E-state index >= 15 is 0 Å². The first-order chi connectivity index (χ1) is 20.5. The summed E-state index contributed by atoms with van der Waals surface area (Å²) in [5.41, 5.74) is 2.90. The normalized spacial score (nSPS) is 12.2. The summed E-state index contributed by atoms with van der Waals surface area (Å²) in [6.07, 6.45) is -4.98. The van der Waals surface area contributed by atoms with Crippen LogP contribution in [0.5, 0.6) is 0 Å². The lowest BCUT2D eigenvalue weighted by atomic mass is 9.96. The third-order valence-corrected chi connectivity index (χ3v) is 6.69. The van der Waals surface area contributed by atoms with E-state index < -0.39 is 29.3 Å². The highest BCUT2D eigenvalue weighted by Gasteiger charge is 2.31. The number of ketones is 1. The molecule has 1 amide bonds. The first-order valence-corrected chi connectivity index (χ1v) is 13.4. The highest BCUT2D eigenvalue weighted by atomic mass is 19.4. The van der Waals surface area contributed by atoms with Gasteiger partial charge in [0, 0.05) is 36.1 Å². The Bertz CT molecular complexity index is 1710. The second-order valence-electron chi connectivity index (χ2n) is 10.0. The number of benzene rings is 3. The number of halogens is 3. The molecule has 0 fully saturated rings. The van der Waals surface area contributed by atoms with Gasteiger partial charge >= 0.3 is 6.18 Å². The molecule has 1 unspecified atom stereocenters. The maximum Gasteiger partial charge on any atom is 0.416 e. The fourth-order valence-electron chi connectivity index (χ4n) is 4.24. The van der Waals surface area contributed by atoms with Gasteiger partial charge in [-0.3, -0.25) is 9.59 Å². The SMILES string of the molecule is Cc1ccc(-c2noc(CC(C(=O)CCC(=O)Nc3ccc(C(F)(F)F)cc3)c3nc(-c4ccc(C)cc4)no3)n2)cc1. The van der Waals surface area contributed by atoms with E-state index in [9.17, 15) is 22.8 Å². The molecule has 12 heteroatoms. The van der Waals surface area contributed by atoms with Gasteiger partial charge < -0.3 is 14.4 Å². The second kappa shape index (κ2) is 12.4. The summed E-state index contributed by atoms with van der Waals surface area (Å²) in [6.45, 7) is 3.91. The van der Waals surface area contributed by atoms with E-state index in [4.69, 9.17) is 9.05 Å². The van der Waals surface area contributed by atoms with Crippen molar-refractivity contribution in [3.05, 3.63) is 101 Å². The topological polar surface area (TPSA) is 124 Å². The summed E-state index contributed by atoms with van der Waals surface area (Å²) in [5, 5.41) is 10.6. The monoisotopic (exact) mass is 589 g/mol. The minimum Gasteiger partial charge on any atom is -0.339 e. The van der Waals surface area contributed by atoms with Crippen LogP contribution in [0.15, 0.2) is 81.8 Å². The Hall–Kier alpha value is -5.13. The van der Waals surface area contributed by atoms with E-state index in [2.05, 4.69) is 25.6 Å². The van der Waals surface area contributed by atoms with E-state index in [1.54, 1.807) is 0 Å². The minimum absolute atomic E-state index is 0.0267. The predicted molar refractivity (Wildman–Crippen MR) is 150 cm³/mol. The van der Waals surface area contributed by atoms with Crippen molar-refractivity contribution in [3.63, 3.8) is 0 Å². The van der Waals surface area contributed by atoms with Gasteiger partial charge in [0.15, 0.2) is 0 Å². The van der Waals surface area contributed by atoms with Crippen LogP contribution in [0.4, 0.5) is 18.9 Å². The van der Waals surface area contributed by atoms with Gasteiger partial charge in [0.05, 0.1) is 5.56 Å². The van der Waals surface area contributed by atoms with Crippen LogP contribution in [0, 0.1) is 13.8 Å². The number of anilines is 1. The molecule has 1 N–H and O–H groups in total. The zero-order chi connectivity index (χ0) is 30.6. The Labute approximate surface area is 244 Å². The zero-order valence-electron chi connectivity index (χ0n) is 23.2. The lowest BCUT2D eigenvalue weighted by molar-refractivity contribution is -0.137. The standard InChI is InChI=1S/C31H26F3N5O4/c1-18-3-7-20(8-4-18)28-36-27(42-38-28)17-24(30-37-29(39-43-30)21-9-5-19(2)6-10-21)25(40)15-16-26(41)35-23-13-11-22(12-14-23)31(32,33)34/h3-14,24H,15-17H2,1-2H3,(H,35,41). The van der Waals surface area contributed by atoms with Crippen molar-refractivity contribution in [1.82, 2.24) is 20.3 Å². The van der Waals surface area contributed by atoms with Gasteiger partial charge in [-0.05, 0) is 38.1 Å². The number of Topliss-reactive ketones (excluding diaryl/α,β-unsaturated/α-hetero) is 1. The second-order valence-corrected chi connectivity index (χ2v) is 10.0. The lowest BCUT2D eigenvalue weighted by Crippen LogP contribution is -2.19. The summed E-state index contributed by atoms with van der Waals surface area (Å²) < 4.78 is 49.4. The van der Waals surface area contributed by atoms with Crippen LogP contribution >= 0.6 is 0 Å². The number of aromatic nitrogens is 4. The molecule has 0 bridgehead atoms. The first-order valence-electron chi connectivity index (χ1n) is 13.4. The van der Waals surface area contributed by atoms with Crippen molar-refractivity contribution in [1.29, 1.82) is 0 Å². The van der Waals surface area contributed by atoms with E-state index in [1.807, 2.05) is 62.4 Å². The number of hydrogen-bond donors (Lipinski definition) is 1. The number of rotatable bonds is 10. The molecule has 0 aliphatic carbocycles. The molecule has 0 saturated carbocycles. The third-order valence-electron chi connectivity index (χ3n) is 6.69. The first kappa shape index (κ1) is 29.4. The number of nitrogens with zero attached hydrogens (tertiary/aromatic N) is 4. The Morgan fingerprint density at radius 2 is 1.33 bits per heavy atom. The van der Waals surface area contributed by atoms with Crippen LogP contribution in [0.2, 0.25) is 0 Å². The molecule has 0 spiro atoms. The Kier molecular flexibility index (Phi) is 8.46. The maximum atomic E-state index is 13.4. The molecule has 5 rings (SSSR count). The lowest BCUT2D eigenvalue weighted by Gasteiger charge is -2.11. The molecule has 9 nitrogen and oxygen atoms in total. The van der Waals surface area contributed by atoms with E-state index in [-0.39, 0.29) is 36.7 Å². The number of carbonyl (C=O) groups is 2. The molecule has 0 radical (unpaired) electrons. The van der Waals surface area contributed by atoms with E-state index in [0.29, 0.717) is 17.2 Å². The van der Waals surface area contributed by atoms with Crippen molar-refractivity contribution in [3.8, 4) is 22.8 Å². The van der Waals surface area contributed by atoms with Crippen LogP contribution in [0.3, 0.4) is 0 Å². The molecule has 1 atom stereocenters. The maximum absolute atomic E-state index is 13.4. The number of hydrogen-bond acceptors (Lipinski definition) is 8. The fourth-order valence-corrected chi connectivity index (χ4v) is 4.24. The number of nitrogens with one attached hydrogen (secondary N) is 1. The van der Waals surface area contributed by atoms with Gasteiger partial charge in [0.25, 0.3) is 0 Å². The van der Waals surface area contributed by atoms with E-state index in [1.165, 1.54) is 0 Å². The van der Waals surface area contributed by atoms with Crippen molar-refractivity contribution in [2.45, 2.75) is 45.2 Å². The van der Waals surface area contributed by atoms with Gasteiger partial charge in [0.2, 0.25) is 29.3 Å². The molecule has 220 valence electrons. The molecule has 0 saturated heterocycles. The summed E-state index contributed by atoms with van der Waals surface area (Å²) in [5.74, 6) is -1.09. The average molecular weight is 590 g/mol. The van der Waals surface area contributed by atoms with Crippen molar-refractivity contribution in [2.75, 3.05) is 5.32 Å². The number of amides is 1. The smallest absolute Gasteiger partial charge is 0.339 e. The minimum atomic E-state index is -4.49. The summed E-state index contributed by atoms with van der Waals surface area (Å²) in [7, 11) is 0. The summed E-state index contributed by atoms with van der Waals surface area (Å²) in [4.78, 5) is 34.9. The van der Waals surface area contributed by atoms with Crippen LogP contribution in [0.1, 0.15) is 47.2 Å². The fraction of sp³-hybridized carbons (Fsp3) is 0.226. The Balaban J connectivity index is 1.31. The number of carbonyl (C=O) groups excluding carboxylic acids is 2. The molecular weight excluding hydrogens is 563 g/mol. The van der Waals surface area contributed by atoms with Gasteiger partial charge in [-0.2, -0.15) is 23.1 Å². The molecule has 0 aliphatic heterocycles. The van der Waals surface area contributed by atoms with Crippen LogP contribution in [0.25, 0.3) is 22.8 Å². The number of aryl methyl sites for hydroxylation is 2. The van der Waals surface area contributed by atoms with Crippen molar-refractivity contribution >= 4 is 17.4 Å². The highest BCUT2D eigenvalue weighted by molar-refractivity contribution is 5.94. The average Bonchev–Trinajstić information content (AvgIpc) is 3.66. The summed E-state index contributed by atoms with van der Waals surface area (Å²) >= 11 is 0. The summed E-state index contributed by atoms with van der Waals surface area (Å²) in [6, 6.07) is 19.0. The molecule has 0 aliphatic rings. The van der Waals surface area contributed by atoms with Crippen LogP contribution in [-0.2, 0) is 22.2 Å². The van der Waals surface area contributed by atoms with Crippen molar-refractivity contribution < 1.29 is 31.8 Å². The van der Waals surface area contributed by atoms with Gasteiger partial charge in [-0.1, -0.05) is 70.0 Å². The predicted octanol–water partition coefficient (Wildman–Crippen LogP) is 6.74. The van der Waals surface area contributed by atoms with Crippen LogP contribution in [-0.4, -0.2) is 32.0 Å². The van der Waals surface area contributed by atoms with E-state index in [0.717, 1.165) is 41.0 Å². The third kappa shape index (κ3) is 7.39. The molecule has 2 aromatic heterocycles. The van der Waals surface area contributed by atoms with Crippen LogP contribution < -0.4 is 5.32 Å². The molecule has 43 heavy (non-hydrogen) atoms. The number of alkyl halides is 3. The largest absolute Gasteiger partial charge is 0.416 e. The van der Waals surface area contributed by atoms with Gasteiger partial charge in [-0.15, -0.1) is 0 Å². The quantitative estimate of drug-likeness (QED) is 0.190. The van der Waals surface area contributed by atoms with Crippen molar-refractivity contribution in [2.24, 2.45) is 0 Å². The molecular formula is C31H26F3N5O4. The molecule has 5 aromatic rings.